The van der Waals surface area contributed by atoms with Crippen LogP contribution in [0.15, 0.2) is 65.1 Å². The van der Waals surface area contributed by atoms with Crippen molar-refractivity contribution in [2.24, 2.45) is 0 Å². The molecule has 0 aliphatic rings. The number of anilines is 1. The summed E-state index contributed by atoms with van der Waals surface area (Å²) in [6.45, 7) is 7.75. The van der Waals surface area contributed by atoms with Crippen LogP contribution in [0.2, 0.25) is 0 Å². The number of hydrogen-bond acceptors (Lipinski definition) is 6. The lowest BCUT2D eigenvalue weighted by Gasteiger charge is -2.11. The van der Waals surface area contributed by atoms with Gasteiger partial charge in [0.2, 0.25) is 17.6 Å². The highest BCUT2D eigenvalue weighted by Gasteiger charge is 2.17. The number of thioether (sulfide) groups is 1. The molecule has 34 heavy (non-hydrogen) atoms. The number of hydrogen-bond donors (Lipinski definition) is 2. The Morgan fingerprint density at radius 2 is 1.88 bits per heavy atom. The van der Waals surface area contributed by atoms with Crippen LogP contribution in [0.1, 0.15) is 11.1 Å². The van der Waals surface area contributed by atoms with Gasteiger partial charge in [-0.15, -0.1) is 16.8 Å². The number of fused-ring (bicyclic) bond motifs is 3. The van der Waals surface area contributed by atoms with E-state index in [-0.39, 0.29) is 36.2 Å². The molecule has 0 radical (unpaired) electrons. The summed E-state index contributed by atoms with van der Waals surface area (Å²) in [6, 6.07) is 12.8. The number of carbonyl (C=O) groups is 2. The Kier molecular flexibility index (Phi) is 6.78. The predicted molar refractivity (Wildman–Crippen MR) is 133 cm³/mol. The lowest BCUT2D eigenvalue weighted by molar-refractivity contribution is -0.122. The van der Waals surface area contributed by atoms with Gasteiger partial charge in [0, 0.05) is 12.2 Å². The Bertz CT molecular complexity index is 1470. The topological polar surface area (TPSA) is 110 Å². The molecule has 0 atom stereocenters. The molecule has 0 spiro atoms. The predicted octanol–water partition coefficient (Wildman–Crippen LogP) is 2.69. The minimum atomic E-state index is -0.318. The number of benzene rings is 2. The molecule has 0 saturated carbocycles. The maximum absolute atomic E-state index is 12.9. The first kappa shape index (κ1) is 23.2. The van der Waals surface area contributed by atoms with Crippen molar-refractivity contribution >= 4 is 45.9 Å². The monoisotopic (exact) mass is 476 g/mol. The lowest BCUT2D eigenvalue weighted by Crippen LogP contribution is -2.34. The molecule has 0 aliphatic heterocycles. The minimum Gasteiger partial charge on any atom is -0.346 e. The third-order valence-electron chi connectivity index (χ3n) is 5.45. The van der Waals surface area contributed by atoms with Crippen LogP contribution in [0, 0.1) is 13.8 Å². The van der Waals surface area contributed by atoms with Crippen molar-refractivity contribution in [3.8, 4) is 0 Å². The molecule has 4 rings (SSSR count). The van der Waals surface area contributed by atoms with Crippen LogP contribution >= 0.6 is 11.8 Å². The molecular formula is C24H24N6O3S. The molecule has 10 heteroatoms. The highest BCUT2D eigenvalue weighted by atomic mass is 32.2. The second kappa shape index (κ2) is 9.92. The standard InChI is InChI=1S/C24H24N6O3S/c1-4-12-29-22(33)17-9-5-6-11-19(17)30-23(29)27-28-24(30)34-14-21(32)25-13-20(31)26-18-10-7-8-15(2)16(18)3/h4-11H,1,12-14H2,2-3H3,(H,25,32)(H,26,31). The summed E-state index contributed by atoms with van der Waals surface area (Å²) in [5.74, 6) is -0.215. The van der Waals surface area contributed by atoms with Gasteiger partial charge < -0.3 is 10.6 Å². The third kappa shape index (κ3) is 4.58. The first-order valence-electron chi connectivity index (χ1n) is 10.6. The molecule has 0 bridgehead atoms. The lowest BCUT2D eigenvalue weighted by atomic mass is 10.1. The van der Waals surface area contributed by atoms with E-state index in [4.69, 9.17) is 0 Å². The van der Waals surface area contributed by atoms with Crippen LogP contribution in [-0.2, 0) is 16.1 Å². The van der Waals surface area contributed by atoms with Gasteiger partial charge in [-0.2, -0.15) is 0 Å². The molecule has 2 heterocycles. The molecule has 2 amide bonds. The first-order valence-corrected chi connectivity index (χ1v) is 11.6. The Labute approximate surface area is 199 Å². The zero-order chi connectivity index (χ0) is 24.2. The first-order chi connectivity index (χ1) is 16.4. The molecule has 4 aromatic rings. The summed E-state index contributed by atoms with van der Waals surface area (Å²) in [4.78, 5) is 37.5. The van der Waals surface area contributed by atoms with Gasteiger partial charge in [0.05, 0.1) is 23.2 Å². The highest BCUT2D eigenvalue weighted by Crippen LogP contribution is 2.21. The van der Waals surface area contributed by atoms with E-state index in [0.717, 1.165) is 16.8 Å². The Morgan fingerprint density at radius 1 is 1.09 bits per heavy atom. The van der Waals surface area contributed by atoms with E-state index in [1.54, 1.807) is 22.6 Å². The zero-order valence-corrected chi connectivity index (χ0v) is 19.7. The van der Waals surface area contributed by atoms with Gasteiger partial charge in [-0.1, -0.05) is 42.1 Å². The number of nitrogens with one attached hydrogen (secondary N) is 2. The minimum absolute atomic E-state index is 0.0342. The number of aromatic nitrogens is 4. The van der Waals surface area contributed by atoms with Crippen LogP contribution < -0.4 is 16.2 Å². The molecular weight excluding hydrogens is 452 g/mol. The van der Waals surface area contributed by atoms with Crippen molar-refractivity contribution in [3.05, 3.63) is 76.6 Å². The fourth-order valence-corrected chi connectivity index (χ4v) is 4.33. The number of carbonyl (C=O) groups excluding carboxylic acids is 2. The average Bonchev–Trinajstić information content (AvgIpc) is 3.26. The van der Waals surface area contributed by atoms with E-state index in [9.17, 15) is 14.4 Å². The maximum Gasteiger partial charge on any atom is 0.263 e. The summed E-state index contributed by atoms with van der Waals surface area (Å²) in [6.07, 6.45) is 1.62. The zero-order valence-electron chi connectivity index (χ0n) is 18.9. The van der Waals surface area contributed by atoms with Crippen molar-refractivity contribution in [2.45, 2.75) is 25.5 Å². The highest BCUT2D eigenvalue weighted by molar-refractivity contribution is 7.99. The number of rotatable bonds is 8. The Hall–Kier alpha value is -3.92. The Balaban J connectivity index is 1.46. The van der Waals surface area contributed by atoms with Gasteiger partial charge in [-0.3, -0.25) is 23.4 Å². The summed E-state index contributed by atoms with van der Waals surface area (Å²) in [5, 5.41) is 14.8. The fourth-order valence-electron chi connectivity index (χ4n) is 3.56. The van der Waals surface area contributed by atoms with Crippen LogP contribution in [-0.4, -0.2) is 43.3 Å². The Morgan fingerprint density at radius 3 is 2.68 bits per heavy atom. The van der Waals surface area contributed by atoms with Gasteiger partial charge in [-0.25, -0.2) is 0 Å². The van der Waals surface area contributed by atoms with Crippen molar-refractivity contribution in [1.82, 2.24) is 24.5 Å². The number of allylic oxidation sites excluding steroid dienone is 1. The number of para-hydroxylation sites is 1. The average molecular weight is 477 g/mol. The van der Waals surface area contributed by atoms with E-state index < -0.39 is 0 Å². The molecule has 2 aromatic heterocycles. The second-order valence-corrected chi connectivity index (χ2v) is 8.64. The van der Waals surface area contributed by atoms with Crippen molar-refractivity contribution in [1.29, 1.82) is 0 Å². The number of nitrogens with zero attached hydrogens (tertiary/aromatic N) is 4. The summed E-state index contributed by atoms with van der Waals surface area (Å²) >= 11 is 1.18. The van der Waals surface area contributed by atoms with Gasteiger partial charge in [0.25, 0.3) is 5.56 Å². The number of aryl methyl sites for hydroxylation is 1. The number of amides is 2. The van der Waals surface area contributed by atoms with Crippen LogP contribution in [0.3, 0.4) is 0 Å². The van der Waals surface area contributed by atoms with Gasteiger partial charge >= 0.3 is 0 Å². The normalized spacial score (nSPS) is 11.0. The molecule has 2 N–H and O–H groups in total. The third-order valence-corrected chi connectivity index (χ3v) is 6.38. The summed E-state index contributed by atoms with van der Waals surface area (Å²) in [5.41, 5.74) is 3.26. The van der Waals surface area contributed by atoms with E-state index in [2.05, 4.69) is 27.4 Å². The second-order valence-electron chi connectivity index (χ2n) is 7.70. The van der Waals surface area contributed by atoms with E-state index >= 15 is 0 Å². The van der Waals surface area contributed by atoms with E-state index in [1.165, 1.54) is 16.3 Å². The molecule has 0 aliphatic carbocycles. The summed E-state index contributed by atoms with van der Waals surface area (Å²) in [7, 11) is 0. The SMILES string of the molecule is C=CCn1c(=O)c2ccccc2n2c(SCC(=O)NCC(=O)Nc3cccc(C)c3C)nnc12. The molecule has 174 valence electrons. The maximum atomic E-state index is 12.9. The van der Waals surface area contributed by atoms with Crippen LogP contribution in [0.25, 0.3) is 16.7 Å². The van der Waals surface area contributed by atoms with Crippen LogP contribution in [0.4, 0.5) is 5.69 Å². The van der Waals surface area contributed by atoms with E-state index in [1.807, 2.05) is 44.2 Å². The molecule has 2 aromatic carbocycles. The van der Waals surface area contributed by atoms with Gasteiger partial charge in [0.15, 0.2) is 5.16 Å². The van der Waals surface area contributed by atoms with Gasteiger partial charge in [-0.05, 0) is 43.2 Å². The smallest absolute Gasteiger partial charge is 0.263 e. The van der Waals surface area contributed by atoms with Gasteiger partial charge in [0.1, 0.15) is 0 Å². The quantitative estimate of drug-likeness (QED) is 0.299. The molecule has 0 unspecified atom stereocenters. The molecule has 0 saturated heterocycles. The van der Waals surface area contributed by atoms with Crippen molar-refractivity contribution in [3.63, 3.8) is 0 Å². The largest absolute Gasteiger partial charge is 0.346 e. The fraction of sp³-hybridized carbons (Fsp3) is 0.208. The van der Waals surface area contributed by atoms with E-state index in [0.29, 0.717) is 21.8 Å². The van der Waals surface area contributed by atoms with Crippen molar-refractivity contribution < 1.29 is 9.59 Å². The molecule has 9 nitrogen and oxygen atoms in total. The van der Waals surface area contributed by atoms with Crippen molar-refractivity contribution in [2.75, 3.05) is 17.6 Å². The van der Waals surface area contributed by atoms with Crippen LogP contribution in [0.5, 0.6) is 0 Å². The summed E-state index contributed by atoms with van der Waals surface area (Å²) < 4.78 is 3.25. The molecule has 0 fully saturated rings.